The SMILES string of the molecule is CC(C)(C)OC(=O)N1CCOCC1CNCc1ncc(Cl)s1. The number of hydrogen-bond donors (Lipinski definition) is 1. The summed E-state index contributed by atoms with van der Waals surface area (Å²) in [5.41, 5.74) is -0.495. The minimum absolute atomic E-state index is 0.0426. The summed E-state index contributed by atoms with van der Waals surface area (Å²) in [5.74, 6) is 0. The van der Waals surface area contributed by atoms with Crippen LogP contribution in [0.25, 0.3) is 0 Å². The third kappa shape index (κ3) is 5.39. The van der Waals surface area contributed by atoms with Crippen molar-refractivity contribution in [1.29, 1.82) is 0 Å². The van der Waals surface area contributed by atoms with Gasteiger partial charge < -0.3 is 14.8 Å². The van der Waals surface area contributed by atoms with Crippen molar-refractivity contribution in [2.75, 3.05) is 26.3 Å². The predicted octanol–water partition coefficient (Wildman–Crippen LogP) is 2.52. The largest absolute Gasteiger partial charge is 0.444 e. The number of halogens is 1. The summed E-state index contributed by atoms with van der Waals surface area (Å²) < 4.78 is 11.6. The van der Waals surface area contributed by atoms with E-state index in [4.69, 9.17) is 21.1 Å². The minimum atomic E-state index is -0.495. The van der Waals surface area contributed by atoms with E-state index >= 15 is 0 Å². The Morgan fingerprint density at radius 3 is 3.05 bits per heavy atom. The summed E-state index contributed by atoms with van der Waals surface area (Å²) in [7, 11) is 0. The Labute approximate surface area is 139 Å². The first-order valence-corrected chi connectivity index (χ1v) is 8.43. The highest BCUT2D eigenvalue weighted by Crippen LogP contribution is 2.18. The lowest BCUT2D eigenvalue weighted by Gasteiger charge is -2.36. The smallest absolute Gasteiger partial charge is 0.410 e. The predicted molar refractivity (Wildman–Crippen MR) is 86.4 cm³/mol. The Bertz CT molecular complexity index is 504. The summed E-state index contributed by atoms with van der Waals surface area (Å²) in [4.78, 5) is 18.2. The third-order valence-electron chi connectivity index (χ3n) is 3.04. The van der Waals surface area contributed by atoms with Crippen molar-refractivity contribution in [3.8, 4) is 0 Å². The molecule has 1 atom stereocenters. The molecule has 1 aromatic rings. The summed E-state index contributed by atoms with van der Waals surface area (Å²) in [6.07, 6.45) is 1.35. The van der Waals surface area contributed by atoms with Gasteiger partial charge in [0, 0.05) is 19.6 Å². The molecule has 0 spiro atoms. The number of amides is 1. The lowest BCUT2D eigenvalue weighted by molar-refractivity contribution is -0.0317. The fraction of sp³-hybridized carbons (Fsp3) is 0.714. The number of nitrogens with one attached hydrogen (secondary N) is 1. The van der Waals surface area contributed by atoms with E-state index in [1.165, 1.54) is 11.3 Å². The van der Waals surface area contributed by atoms with E-state index in [0.717, 1.165) is 5.01 Å². The number of morpholine rings is 1. The van der Waals surface area contributed by atoms with Crippen LogP contribution < -0.4 is 5.32 Å². The van der Waals surface area contributed by atoms with Crippen LogP contribution in [0.15, 0.2) is 6.20 Å². The van der Waals surface area contributed by atoms with E-state index in [0.29, 0.717) is 37.2 Å². The molecule has 1 aromatic heterocycles. The monoisotopic (exact) mass is 347 g/mol. The number of aromatic nitrogens is 1. The fourth-order valence-electron chi connectivity index (χ4n) is 2.10. The van der Waals surface area contributed by atoms with E-state index < -0.39 is 5.60 Å². The van der Waals surface area contributed by atoms with Gasteiger partial charge in [-0.15, -0.1) is 11.3 Å². The second-order valence-corrected chi connectivity index (χ2v) is 7.84. The van der Waals surface area contributed by atoms with Crippen LogP contribution in [-0.2, 0) is 16.0 Å². The molecule has 2 rings (SSSR count). The number of thiazole rings is 1. The molecule has 6 nitrogen and oxygen atoms in total. The van der Waals surface area contributed by atoms with Crippen molar-refractivity contribution < 1.29 is 14.3 Å². The highest BCUT2D eigenvalue weighted by molar-refractivity contribution is 7.15. The normalized spacial score (nSPS) is 19.3. The molecule has 1 N–H and O–H groups in total. The molecule has 124 valence electrons. The maximum atomic E-state index is 12.3. The molecule has 1 saturated heterocycles. The van der Waals surface area contributed by atoms with Gasteiger partial charge in [-0.3, -0.25) is 4.90 Å². The first kappa shape index (κ1) is 17.5. The highest BCUT2D eigenvalue weighted by Gasteiger charge is 2.30. The van der Waals surface area contributed by atoms with E-state index in [9.17, 15) is 4.79 Å². The molecule has 0 aliphatic carbocycles. The molecule has 1 aliphatic rings. The summed E-state index contributed by atoms with van der Waals surface area (Å²) >= 11 is 7.30. The van der Waals surface area contributed by atoms with Crippen molar-refractivity contribution >= 4 is 29.0 Å². The lowest BCUT2D eigenvalue weighted by Crippen LogP contribution is -2.54. The van der Waals surface area contributed by atoms with Gasteiger partial charge in [0.1, 0.15) is 14.9 Å². The molecule has 1 amide bonds. The Morgan fingerprint density at radius 2 is 2.41 bits per heavy atom. The van der Waals surface area contributed by atoms with Gasteiger partial charge in [0.15, 0.2) is 0 Å². The molecule has 0 bridgehead atoms. The topological polar surface area (TPSA) is 63.7 Å². The summed E-state index contributed by atoms with van der Waals surface area (Å²) in [5, 5.41) is 4.21. The maximum Gasteiger partial charge on any atom is 0.410 e. The van der Waals surface area contributed by atoms with E-state index in [2.05, 4.69) is 10.3 Å². The molecule has 1 fully saturated rings. The van der Waals surface area contributed by atoms with Gasteiger partial charge in [-0.1, -0.05) is 11.6 Å². The zero-order chi connectivity index (χ0) is 16.2. The van der Waals surface area contributed by atoms with Crippen molar-refractivity contribution in [2.24, 2.45) is 0 Å². The molecule has 1 aliphatic heterocycles. The van der Waals surface area contributed by atoms with Gasteiger partial charge in [0.05, 0.1) is 25.5 Å². The Morgan fingerprint density at radius 1 is 1.64 bits per heavy atom. The van der Waals surface area contributed by atoms with Crippen molar-refractivity contribution in [2.45, 2.75) is 39.0 Å². The Kier molecular flexibility index (Phi) is 6.02. The van der Waals surface area contributed by atoms with Crippen LogP contribution in [-0.4, -0.2) is 53.9 Å². The minimum Gasteiger partial charge on any atom is -0.444 e. The average Bonchev–Trinajstić information content (AvgIpc) is 2.83. The van der Waals surface area contributed by atoms with E-state index in [-0.39, 0.29) is 12.1 Å². The average molecular weight is 348 g/mol. The van der Waals surface area contributed by atoms with Gasteiger partial charge in [-0.25, -0.2) is 9.78 Å². The zero-order valence-electron chi connectivity index (χ0n) is 13.1. The van der Waals surface area contributed by atoms with Crippen LogP contribution >= 0.6 is 22.9 Å². The molecule has 0 radical (unpaired) electrons. The fourth-order valence-corrected chi connectivity index (χ4v) is 3.03. The first-order valence-electron chi connectivity index (χ1n) is 7.23. The van der Waals surface area contributed by atoms with Gasteiger partial charge >= 0.3 is 6.09 Å². The van der Waals surface area contributed by atoms with Gasteiger partial charge in [0.25, 0.3) is 0 Å². The van der Waals surface area contributed by atoms with Gasteiger partial charge in [-0.2, -0.15) is 0 Å². The molecular formula is C14H22ClN3O3S. The third-order valence-corrected chi connectivity index (χ3v) is 4.15. The number of rotatable bonds is 4. The number of carbonyl (C=O) groups excluding carboxylic acids is 1. The molecular weight excluding hydrogens is 326 g/mol. The first-order chi connectivity index (χ1) is 10.3. The molecule has 2 heterocycles. The summed E-state index contributed by atoms with van der Waals surface area (Å²) in [6, 6.07) is -0.0426. The second kappa shape index (κ2) is 7.59. The lowest BCUT2D eigenvalue weighted by atomic mass is 10.2. The number of hydrogen-bond acceptors (Lipinski definition) is 6. The van der Waals surface area contributed by atoms with Crippen molar-refractivity contribution in [1.82, 2.24) is 15.2 Å². The molecule has 22 heavy (non-hydrogen) atoms. The quantitative estimate of drug-likeness (QED) is 0.906. The second-order valence-electron chi connectivity index (χ2n) is 6.09. The van der Waals surface area contributed by atoms with Crippen LogP contribution in [0.2, 0.25) is 4.34 Å². The van der Waals surface area contributed by atoms with Crippen molar-refractivity contribution in [3.63, 3.8) is 0 Å². The molecule has 0 saturated carbocycles. The van der Waals surface area contributed by atoms with E-state index in [1.54, 1.807) is 11.1 Å². The van der Waals surface area contributed by atoms with Crippen LogP contribution in [0.5, 0.6) is 0 Å². The van der Waals surface area contributed by atoms with Crippen LogP contribution in [0.4, 0.5) is 4.79 Å². The highest BCUT2D eigenvalue weighted by atomic mass is 35.5. The number of ether oxygens (including phenoxy) is 2. The van der Waals surface area contributed by atoms with Crippen LogP contribution in [0, 0.1) is 0 Å². The molecule has 8 heteroatoms. The van der Waals surface area contributed by atoms with Crippen LogP contribution in [0.3, 0.4) is 0 Å². The Balaban J connectivity index is 1.85. The van der Waals surface area contributed by atoms with Crippen molar-refractivity contribution in [3.05, 3.63) is 15.5 Å². The molecule has 0 aromatic carbocycles. The summed E-state index contributed by atoms with van der Waals surface area (Å²) in [6.45, 7) is 8.43. The molecule has 1 unspecified atom stereocenters. The number of carbonyl (C=O) groups is 1. The van der Waals surface area contributed by atoms with Gasteiger partial charge in [0.2, 0.25) is 0 Å². The van der Waals surface area contributed by atoms with Gasteiger partial charge in [-0.05, 0) is 20.8 Å². The Hall–Kier alpha value is -0.890. The van der Waals surface area contributed by atoms with E-state index in [1.807, 2.05) is 20.8 Å². The number of nitrogens with zero attached hydrogens (tertiary/aromatic N) is 2. The standard InChI is InChI=1S/C14H22ClN3O3S/c1-14(2,3)21-13(19)18-4-5-20-9-10(18)6-16-8-12-17-7-11(15)22-12/h7,10,16H,4-6,8-9H2,1-3H3. The van der Waals surface area contributed by atoms with Crippen LogP contribution in [0.1, 0.15) is 25.8 Å². The maximum absolute atomic E-state index is 12.3. The zero-order valence-corrected chi connectivity index (χ0v) is 14.7.